The maximum Gasteiger partial charge on any atom is 0.133 e. The molecule has 4 rings (SSSR count). The van der Waals surface area contributed by atoms with Crippen LogP contribution in [0.3, 0.4) is 0 Å². The lowest BCUT2D eigenvalue weighted by Gasteiger charge is -2.07. The first kappa shape index (κ1) is 15.3. The minimum Gasteiger partial charge on any atom is -0.369 e. The molecule has 2 heterocycles. The second-order valence-electron chi connectivity index (χ2n) is 5.34. The molecule has 23 heavy (non-hydrogen) atoms. The predicted molar refractivity (Wildman–Crippen MR) is 104 cm³/mol. The Morgan fingerprint density at radius 2 is 1.91 bits per heavy atom. The molecule has 0 unspecified atom stereocenters. The van der Waals surface area contributed by atoms with Crippen molar-refractivity contribution in [2.75, 3.05) is 11.9 Å². The van der Waals surface area contributed by atoms with Gasteiger partial charge in [0.15, 0.2) is 0 Å². The van der Waals surface area contributed by atoms with Crippen molar-refractivity contribution in [1.29, 1.82) is 0 Å². The summed E-state index contributed by atoms with van der Waals surface area (Å²) in [6.45, 7) is 0.922. The summed E-state index contributed by atoms with van der Waals surface area (Å²) >= 11 is 14.6. The highest BCUT2D eigenvalue weighted by Crippen LogP contribution is 2.37. The number of hydrogen-bond donors (Lipinski definition) is 1. The van der Waals surface area contributed by atoms with Gasteiger partial charge in [0, 0.05) is 21.2 Å². The van der Waals surface area contributed by atoms with Crippen molar-refractivity contribution in [2.24, 2.45) is 0 Å². The van der Waals surface area contributed by atoms with Crippen LogP contribution in [0.15, 0.2) is 42.5 Å². The highest BCUT2D eigenvalue weighted by atomic mass is 127. The van der Waals surface area contributed by atoms with E-state index in [2.05, 4.69) is 40.0 Å². The van der Waals surface area contributed by atoms with Gasteiger partial charge >= 0.3 is 0 Å². The van der Waals surface area contributed by atoms with E-state index in [0.29, 0.717) is 10.0 Å². The van der Waals surface area contributed by atoms with E-state index in [4.69, 9.17) is 28.3 Å². The number of anilines is 1. The average Bonchev–Trinajstić information content (AvgIpc) is 3.13. The van der Waals surface area contributed by atoms with Gasteiger partial charge in [-0.25, -0.2) is 4.68 Å². The Bertz CT molecular complexity index is 905. The molecule has 3 aromatic rings. The molecule has 1 aliphatic heterocycles. The van der Waals surface area contributed by atoms with Gasteiger partial charge in [0.05, 0.1) is 21.4 Å². The molecule has 0 aliphatic carbocycles. The van der Waals surface area contributed by atoms with Gasteiger partial charge in [-0.05, 0) is 53.3 Å². The van der Waals surface area contributed by atoms with Gasteiger partial charge in [0.25, 0.3) is 0 Å². The molecule has 0 saturated heterocycles. The molecule has 1 aliphatic rings. The third-order valence-electron chi connectivity index (χ3n) is 3.93. The fourth-order valence-electron chi connectivity index (χ4n) is 2.85. The van der Waals surface area contributed by atoms with E-state index < -0.39 is 0 Å². The SMILES string of the molecule is Clc1ccc(-n2nc(-c3ccccc3I)c3c2NCC3)cc1Cl. The molecule has 0 saturated carbocycles. The van der Waals surface area contributed by atoms with E-state index in [1.807, 2.05) is 28.9 Å². The molecule has 0 amide bonds. The van der Waals surface area contributed by atoms with Crippen molar-refractivity contribution in [3.8, 4) is 16.9 Å². The van der Waals surface area contributed by atoms with Crippen molar-refractivity contribution in [3.05, 3.63) is 61.6 Å². The fourth-order valence-corrected chi connectivity index (χ4v) is 3.78. The third-order valence-corrected chi connectivity index (χ3v) is 5.61. The van der Waals surface area contributed by atoms with E-state index >= 15 is 0 Å². The van der Waals surface area contributed by atoms with Crippen molar-refractivity contribution in [1.82, 2.24) is 9.78 Å². The lowest BCUT2D eigenvalue weighted by Crippen LogP contribution is -2.04. The van der Waals surface area contributed by atoms with Crippen LogP contribution in [0, 0.1) is 3.57 Å². The highest BCUT2D eigenvalue weighted by molar-refractivity contribution is 14.1. The van der Waals surface area contributed by atoms with E-state index in [1.165, 1.54) is 9.13 Å². The number of aromatic nitrogens is 2. The molecule has 3 nitrogen and oxygen atoms in total. The Kier molecular flexibility index (Phi) is 3.99. The number of halogens is 3. The largest absolute Gasteiger partial charge is 0.369 e. The van der Waals surface area contributed by atoms with Crippen molar-refractivity contribution >= 4 is 51.6 Å². The zero-order chi connectivity index (χ0) is 16.0. The quantitative estimate of drug-likeness (QED) is 0.523. The average molecular weight is 456 g/mol. The normalized spacial score (nSPS) is 13.0. The molecule has 0 atom stereocenters. The van der Waals surface area contributed by atoms with Crippen LogP contribution in [0.25, 0.3) is 16.9 Å². The Labute approximate surface area is 157 Å². The van der Waals surface area contributed by atoms with Gasteiger partial charge in [0.2, 0.25) is 0 Å². The molecule has 1 N–H and O–H groups in total. The highest BCUT2D eigenvalue weighted by Gasteiger charge is 2.24. The first-order chi connectivity index (χ1) is 11.1. The van der Waals surface area contributed by atoms with Crippen LogP contribution in [-0.4, -0.2) is 16.3 Å². The summed E-state index contributed by atoms with van der Waals surface area (Å²) in [6.07, 6.45) is 0.969. The number of hydrogen-bond acceptors (Lipinski definition) is 2. The Morgan fingerprint density at radius 1 is 1.09 bits per heavy atom. The van der Waals surface area contributed by atoms with E-state index in [0.717, 1.165) is 35.7 Å². The molecular formula is C17H12Cl2IN3. The van der Waals surface area contributed by atoms with E-state index in [1.54, 1.807) is 6.07 Å². The standard InChI is InChI=1S/C17H12Cl2IN3/c18-13-6-5-10(9-14(13)19)23-17-12(7-8-21-17)16(22-23)11-3-1-2-4-15(11)20/h1-6,9,21H,7-8H2. The first-order valence-electron chi connectivity index (χ1n) is 7.21. The van der Waals surface area contributed by atoms with E-state index in [9.17, 15) is 0 Å². The summed E-state index contributed by atoms with van der Waals surface area (Å²) in [6, 6.07) is 13.9. The number of benzene rings is 2. The number of fused-ring (bicyclic) bond motifs is 1. The maximum absolute atomic E-state index is 6.17. The molecule has 116 valence electrons. The van der Waals surface area contributed by atoms with Crippen LogP contribution in [0.4, 0.5) is 5.82 Å². The van der Waals surface area contributed by atoms with Crippen LogP contribution >= 0.6 is 45.8 Å². The smallest absolute Gasteiger partial charge is 0.133 e. The Morgan fingerprint density at radius 3 is 2.70 bits per heavy atom. The Hall–Kier alpha value is -1.24. The summed E-state index contributed by atoms with van der Waals surface area (Å²) in [4.78, 5) is 0. The lowest BCUT2D eigenvalue weighted by molar-refractivity contribution is 0.882. The van der Waals surface area contributed by atoms with Crippen LogP contribution in [0.5, 0.6) is 0 Å². The van der Waals surface area contributed by atoms with Gasteiger partial charge < -0.3 is 5.32 Å². The molecular weight excluding hydrogens is 444 g/mol. The number of nitrogens with one attached hydrogen (secondary N) is 1. The fraction of sp³-hybridized carbons (Fsp3) is 0.118. The van der Waals surface area contributed by atoms with Crippen LogP contribution in [0.1, 0.15) is 5.56 Å². The molecule has 0 bridgehead atoms. The molecule has 1 aromatic heterocycles. The van der Waals surface area contributed by atoms with Gasteiger partial charge in [-0.3, -0.25) is 0 Å². The third kappa shape index (κ3) is 2.62. The van der Waals surface area contributed by atoms with Crippen molar-refractivity contribution in [2.45, 2.75) is 6.42 Å². The lowest BCUT2D eigenvalue weighted by atomic mass is 10.1. The van der Waals surface area contributed by atoms with Crippen LogP contribution in [0.2, 0.25) is 10.0 Å². The molecule has 2 aromatic carbocycles. The monoisotopic (exact) mass is 455 g/mol. The van der Waals surface area contributed by atoms with Crippen molar-refractivity contribution < 1.29 is 0 Å². The minimum atomic E-state index is 0.530. The van der Waals surface area contributed by atoms with E-state index in [-0.39, 0.29) is 0 Å². The Balaban J connectivity index is 1.91. The van der Waals surface area contributed by atoms with Gasteiger partial charge in [-0.1, -0.05) is 41.4 Å². The maximum atomic E-state index is 6.17. The van der Waals surface area contributed by atoms with Gasteiger partial charge in [0.1, 0.15) is 5.82 Å². The second kappa shape index (κ2) is 6.00. The molecule has 0 fully saturated rings. The predicted octanol–water partition coefficient (Wildman–Crippen LogP) is 5.42. The van der Waals surface area contributed by atoms with Crippen LogP contribution in [-0.2, 0) is 6.42 Å². The van der Waals surface area contributed by atoms with Crippen LogP contribution < -0.4 is 5.32 Å². The molecule has 0 spiro atoms. The summed E-state index contributed by atoms with van der Waals surface area (Å²) in [5.41, 5.74) is 4.34. The minimum absolute atomic E-state index is 0.530. The van der Waals surface area contributed by atoms with Crippen molar-refractivity contribution in [3.63, 3.8) is 0 Å². The number of rotatable bonds is 2. The zero-order valence-electron chi connectivity index (χ0n) is 12.0. The van der Waals surface area contributed by atoms with Gasteiger partial charge in [-0.2, -0.15) is 5.10 Å². The molecule has 0 radical (unpaired) electrons. The summed E-state index contributed by atoms with van der Waals surface area (Å²) < 4.78 is 3.11. The number of nitrogens with zero attached hydrogens (tertiary/aromatic N) is 2. The summed E-state index contributed by atoms with van der Waals surface area (Å²) in [7, 11) is 0. The van der Waals surface area contributed by atoms with Gasteiger partial charge in [-0.15, -0.1) is 0 Å². The topological polar surface area (TPSA) is 29.9 Å². The first-order valence-corrected chi connectivity index (χ1v) is 9.04. The summed E-state index contributed by atoms with van der Waals surface area (Å²) in [5.74, 6) is 1.04. The molecule has 6 heteroatoms. The summed E-state index contributed by atoms with van der Waals surface area (Å²) in [5, 5.41) is 9.36. The second-order valence-corrected chi connectivity index (χ2v) is 7.32. The zero-order valence-corrected chi connectivity index (χ0v) is 15.7.